The Kier molecular flexibility index (Phi) is 3.71. The third kappa shape index (κ3) is 3.72. The van der Waals surface area contributed by atoms with Crippen LogP contribution in [0.15, 0.2) is 5.10 Å². The van der Waals surface area contributed by atoms with Crippen molar-refractivity contribution in [3.05, 3.63) is 0 Å². The summed E-state index contributed by atoms with van der Waals surface area (Å²) < 4.78 is 0. The predicted molar refractivity (Wildman–Crippen MR) is 54.0 cm³/mol. The highest BCUT2D eigenvalue weighted by Crippen LogP contribution is 2.15. The molecule has 0 aromatic heterocycles. The molecule has 72 valence electrons. The highest BCUT2D eigenvalue weighted by atomic mass is 15.5. The quantitative estimate of drug-likeness (QED) is 0.390. The Morgan fingerprint density at radius 3 is 2.08 bits per heavy atom. The Bertz CT molecular complexity index is 165. The second-order valence-electron chi connectivity index (χ2n) is 4.25. The van der Waals surface area contributed by atoms with Gasteiger partial charge in [-0.1, -0.05) is 20.8 Å². The zero-order valence-electron chi connectivity index (χ0n) is 9.05. The second-order valence-corrected chi connectivity index (χ2v) is 4.25. The molecular weight excluding hydrogens is 150 g/mol. The molecule has 2 N–H and O–H groups in total. The van der Waals surface area contributed by atoms with Crippen molar-refractivity contribution in [2.75, 3.05) is 7.05 Å². The Labute approximate surface area is 75.6 Å². The molecule has 0 aromatic carbocycles. The number of hydrazone groups is 1. The molecule has 12 heavy (non-hydrogen) atoms. The van der Waals surface area contributed by atoms with E-state index < -0.39 is 0 Å². The van der Waals surface area contributed by atoms with Gasteiger partial charge in [-0.3, -0.25) is 5.01 Å². The number of nitrogens with zero attached hydrogens (tertiary/aromatic N) is 2. The molecule has 3 heteroatoms. The minimum atomic E-state index is -0.0256. The fraction of sp³-hybridized carbons (Fsp3) is 0.889. The largest absolute Gasteiger partial charge is 0.310 e. The monoisotopic (exact) mass is 171 g/mol. The van der Waals surface area contributed by atoms with Gasteiger partial charge in [-0.2, -0.15) is 5.10 Å². The first-order valence-electron chi connectivity index (χ1n) is 4.29. The van der Waals surface area contributed by atoms with E-state index in [9.17, 15) is 0 Å². The van der Waals surface area contributed by atoms with E-state index in [4.69, 9.17) is 5.73 Å². The SMILES string of the molecule is CC(=NN(C)C(C)N)C(C)(C)C. The fourth-order valence-corrected chi connectivity index (χ4v) is 0.478. The predicted octanol–water partition coefficient (Wildman–Crippen LogP) is 1.64. The van der Waals surface area contributed by atoms with Gasteiger partial charge in [-0.25, -0.2) is 0 Å². The molecule has 0 rings (SSSR count). The van der Waals surface area contributed by atoms with E-state index in [-0.39, 0.29) is 11.6 Å². The van der Waals surface area contributed by atoms with Crippen molar-refractivity contribution in [3.8, 4) is 0 Å². The van der Waals surface area contributed by atoms with Crippen LogP contribution in [0.4, 0.5) is 0 Å². The van der Waals surface area contributed by atoms with Crippen LogP contribution in [-0.2, 0) is 0 Å². The van der Waals surface area contributed by atoms with Crippen molar-refractivity contribution in [1.29, 1.82) is 0 Å². The lowest BCUT2D eigenvalue weighted by Crippen LogP contribution is -2.34. The molecule has 3 nitrogen and oxygen atoms in total. The van der Waals surface area contributed by atoms with Crippen LogP contribution in [0.3, 0.4) is 0 Å². The summed E-state index contributed by atoms with van der Waals surface area (Å²) in [6, 6.07) is 0. The topological polar surface area (TPSA) is 41.6 Å². The smallest absolute Gasteiger partial charge is 0.0907 e. The van der Waals surface area contributed by atoms with Gasteiger partial charge in [0.05, 0.1) is 6.17 Å². The molecule has 0 heterocycles. The minimum Gasteiger partial charge on any atom is -0.310 e. The summed E-state index contributed by atoms with van der Waals surface area (Å²) in [4.78, 5) is 0. The summed E-state index contributed by atoms with van der Waals surface area (Å²) >= 11 is 0. The highest BCUT2D eigenvalue weighted by molar-refractivity contribution is 5.86. The van der Waals surface area contributed by atoms with E-state index in [1.807, 2.05) is 20.9 Å². The van der Waals surface area contributed by atoms with Gasteiger partial charge in [0.15, 0.2) is 0 Å². The summed E-state index contributed by atoms with van der Waals surface area (Å²) in [6.07, 6.45) is -0.0256. The maximum absolute atomic E-state index is 5.65. The normalized spacial score (nSPS) is 16.1. The summed E-state index contributed by atoms with van der Waals surface area (Å²) in [5.74, 6) is 0. The number of hydrogen-bond acceptors (Lipinski definition) is 3. The average Bonchev–Trinajstić information content (AvgIpc) is 1.85. The molecule has 0 aliphatic carbocycles. The second kappa shape index (κ2) is 3.90. The first kappa shape index (κ1) is 11.4. The van der Waals surface area contributed by atoms with Crippen LogP contribution in [-0.4, -0.2) is 23.9 Å². The van der Waals surface area contributed by atoms with Crippen LogP contribution in [0.1, 0.15) is 34.6 Å². The molecule has 0 aliphatic rings. The summed E-state index contributed by atoms with van der Waals surface area (Å²) in [5.41, 5.74) is 6.87. The van der Waals surface area contributed by atoms with Crippen LogP contribution in [0, 0.1) is 5.41 Å². The Hall–Kier alpha value is -0.570. The lowest BCUT2D eigenvalue weighted by atomic mass is 9.91. The zero-order chi connectivity index (χ0) is 9.94. The first-order chi connectivity index (χ1) is 5.25. The van der Waals surface area contributed by atoms with Gasteiger partial charge in [0.2, 0.25) is 0 Å². The zero-order valence-corrected chi connectivity index (χ0v) is 9.05. The molecule has 0 bridgehead atoms. The van der Waals surface area contributed by atoms with Crippen molar-refractivity contribution in [3.63, 3.8) is 0 Å². The Morgan fingerprint density at radius 2 is 1.83 bits per heavy atom. The Balaban J connectivity index is 4.36. The maximum atomic E-state index is 5.65. The van der Waals surface area contributed by atoms with Crippen molar-refractivity contribution >= 4 is 5.71 Å². The molecule has 0 radical (unpaired) electrons. The van der Waals surface area contributed by atoms with Gasteiger partial charge < -0.3 is 5.73 Å². The number of hydrogen-bond donors (Lipinski definition) is 1. The molecule has 0 spiro atoms. The van der Waals surface area contributed by atoms with E-state index >= 15 is 0 Å². The molecule has 0 saturated carbocycles. The molecule has 0 saturated heterocycles. The van der Waals surface area contributed by atoms with Crippen LogP contribution in [0.2, 0.25) is 0 Å². The van der Waals surface area contributed by atoms with Gasteiger partial charge in [0.25, 0.3) is 0 Å². The van der Waals surface area contributed by atoms with Gasteiger partial charge in [-0.05, 0) is 13.8 Å². The van der Waals surface area contributed by atoms with E-state index in [2.05, 4.69) is 25.9 Å². The highest BCUT2D eigenvalue weighted by Gasteiger charge is 2.15. The molecule has 0 amide bonds. The Morgan fingerprint density at radius 1 is 1.42 bits per heavy atom. The van der Waals surface area contributed by atoms with Crippen LogP contribution in [0.5, 0.6) is 0 Å². The van der Waals surface area contributed by atoms with E-state index in [0.29, 0.717) is 0 Å². The maximum Gasteiger partial charge on any atom is 0.0907 e. The van der Waals surface area contributed by atoms with Gasteiger partial charge in [0.1, 0.15) is 0 Å². The van der Waals surface area contributed by atoms with Crippen molar-refractivity contribution in [2.45, 2.75) is 40.8 Å². The average molecular weight is 171 g/mol. The molecule has 0 aromatic rings. The lowest BCUT2D eigenvalue weighted by Gasteiger charge is -2.23. The molecule has 1 atom stereocenters. The minimum absolute atomic E-state index is 0.0256. The third-order valence-electron chi connectivity index (χ3n) is 1.98. The fourth-order valence-electron chi connectivity index (χ4n) is 0.478. The van der Waals surface area contributed by atoms with Crippen molar-refractivity contribution in [1.82, 2.24) is 5.01 Å². The molecular formula is C9H21N3. The summed E-state index contributed by atoms with van der Waals surface area (Å²) in [7, 11) is 1.89. The number of nitrogens with two attached hydrogens (primary N) is 1. The summed E-state index contributed by atoms with van der Waals surface area (Å²) in [6.45, 7) is 10.4. The lowest BCUT2D eigenvalue weighted by molar-refractivity contribution is 0.273. The number of rotatable bonds is 2. The standard InChI is InChI=1S/C9H21N3/c1-7(9(3,4)5)11-12(6)8(2)10/h8H,10H2,1-6H3. The van der Waals surface area contributed by atoms with E-state index in [0.717, 1.165) is 5.71 Å². The van der Waals surface area contributed by atoms with Gasteiger partial charge in [-0.15, -0.1) is 0 Å². The van der Waals surface area contributed by atoms with Crippen LogP contribution >= 0.6 is 0 Å². The van der Waals surface area contributed by atoms with Crippen LogP contribution in [0.25, 0.3) is 0 Å². The van der Waals surface area contributed by atoms with Gasteiger partial charge in [0, 0.05) is 18.2 Å². The van der Waals surface area contributed by atoms with Crippen molar-refractivity contribution in [2.24, 2.45) is 16.3 Å². The summed E-state index contributed by atoms with van der Waals surface area (Å²) in [5, 5.41) is 6.15. The van der Waals surface area contributed by atoms with E-state index in [1.54, 1.807) is 5.01 Å². The van der Waals surface area contributed by atoms with Crippen molar-refractivity contribution < 1.29 is 0 Å². The molecule has 0 fully saturated rings. The van der Waals surface area contributed by atoms with Crippen LogP contribution < -0.4 is 5.73 Å². The molecule has 1 unspecified atom stereocenters. The third-order valence-corrected chi connectivity index (χ3v) is 1.98. The van der Waals surface area contributed by atoms with E-state index in [1.165, 1.54) is 0 Å². The van der Waals surface area contributed by atoms with Gasteiger partial charge >= 0.3 is 0 Å². The first-order valence-corrected chi connectivity index (χ1v) is 4.29. The molecule has 0 aliphatic heterocycles.